The highest BCUT2D eigenvalue weighted by molar-refractivity contribution is 9.10. The molecule has 0 saturated carbocycles. The van der Waals surface area contributed by atoms with Crippen molar-refractivity contribution in [2.24, 2.45) is 0 Å². The van der Waals surface area contributed by atoms with E-state index in [-0.39, 0.29) is 5.75 Å². The third-order valence-electron chi connectivity index (χ3n) is 1.90. The van der Waals surface area contributed by atoms with E-state index in [4.69, 9.17) is 9.47 Å². The van der Waals surface area contributed by atoms with Crippen LogP contribution in [0.15, 0.2) is 16.6 Å². The number of alkyl halides is 4. The van der Waals surface area contributed by atoms with Crippen LogP contribution in [-0.2, 0) is 5.33 Å². The number of hydrogen-bond acceptors (Lipinski definition) is 2. The van der Waals surface area contributed by atoms with Gasteiger partial charge < -0.3 is 9.47 Å². The average Bonchev–Trinajstić information content (AvgIpc) is 2.26. The van der Waals surface area contributed by atoms with Crippen molar-refractivity contribution < 1.29 is 22.6 Å². The summed E-state index contributed by atoms with van der Waals surface area (Å²) in [5.74, 6) is 0.365. The molecule has 0 unspecified atom stereocenters. The number of ether oxygens (including phenoxy) is 2. The van der Waals surface area contributed by atoms with E-state index in [0.717, 1.165) is 5.56 Å². The molecule has 0 aliphatic carbocycles. The summed E-state index contributed by atoms with van der Waals surface area (Å²) in [7, 11) is 0. The first-order valence-corrected chi connectivity index (χ1v) is 6.99. The minimum absolute atomic E-state index is 0.0684. The maximum atomic E-state index is 12.1. The van der Waals surface area contributed by atoms with Gasteiger partial charge in [0.1, 0.15) is 0 Å². The van der Waals surface area contributed by atoms with Gasteiger partial charge in [-0.3, -0.25) is 0 Å². The number of benzene rings is 1. The Labute approximate surface area is 120 Å². The fourth-order valence-corrected chi connectivity index (χ4v) is 2.18. The van der Waals surface area contributed by atoms with Gasteiger partial charge in [-0.2, -0.15) is 13.2 Å². The van der Waals surface area contributed by atoms with Crippen LogP contribution >= 0.6 is 31.9 Å². The zero-order valence-corrected chi connectivity index (χ0v) is 12.7. The highest BCUT2D eigenvalue weighted by Gasteiger charge is 2.29. The lowest BCUT2D eigenvalue weighted by molar-refractivity contribution is -0.153. The summed E-state index contributed by atoms with van der Waals surface area (Å²) in [6.07, 6.45) is -4.38. The van der Waals surface area contributed by atoms with Crippen LogP contribution in [0.4, 0.5) is 13.2 Å². The van der Waals surface area contributed by atoms with Crippen LogP contribution in [0, 0.1) is 0 Å². The van der Waals surface area contributed by atoms with Gasteiger partial charge in [0, 0.05) is 5.33 Å². The molecule has 7 heteroatoms. The SMILES string of the molecule is CCOc1cc(CBr)cc(Br)c1OCC(F)(F)F. The second-order valence-corrected chi connectivity index (χ2v) is 4.79. The zero-order chi connectivity index (χ0) is 13.8. The molecule has 102 valence electrons. The van der Waals surface area contributed by atoms with Gasteiger partial charge in [0.05, 0.1) is 11.1 Å². The van der Waals surface area contributed by atoms with Crippen LogP contribution in [0.3, 0.4) is 0 Å². The minimum atomic E-state index is -4.38. The molecule has 0 amide bonds. The Morgan fingerprint density at radius 2 is 1.89 bits per heavy atom. The molecule has 0 saturated heterocycles. The first kappa shape index (κ1) is 15.6. The number of halogens is 5. The molecule has 0 spiro atoms. The molecule has 0 N–H and O–H groups in total. The third kappa shape index (κ3) is 4.68. The largest absolute Gasteiger partial charge is 0.490 e. The highest BCUT2D eigenvalue weighted by Crippen LogP contribution is 2.38. The summed E-state index contributed by atoms with van der Waals surface area (Å²) >= 11 is 6.46. The topological polar surface area (TPSA) is 18.5 Å². The highest BCUT2D eigenvalue weighted by atomic mass is 79.9. The Hall–Kier alpha value is -0.430. The predicted octanol–water partition coefficient (Wildman–Crippen LogP) is 4.68. The quantitative estimate of drug-likeness (QED) is 0.678. The Morgan fingerprint density at radius 1 is 1.22 bits per heavy atom. The lowest BCUT2D eigenvalue weighted by atomic mass is 10.2. The fourth-order valence-electron chi connectivity index (χ4n) is 1.26. The van der Waals surface area contributed by atoms with E-state index in [0.29, 0.717) is 22.2 Å². The van der Waals surface area contributed by atoms with Crippen LogP contribution in [0.1, 0.15) is 12.5 Å². The second kappa shape index (κ2) is 6.65. The Kier molecular flexibility index (Phi) is 5.78. The monoisotopic (exact) mass is 390 g/mol. The van der Waals surface area contributed by atoms with Crippen LogP contribution in [0.2, 0.25) is 0 Å². The molecule has 1 aromatic rings. The molecule has 0 heterocycles. The van der Waals surface area contributed by atoms with Crippen LogP contribution in [0.25, 0.3) is 0 Å². The summed E-state index contributed by atoms with van der Waals surface area (Å²) in [5, 5.41) is 0.575. The minimum Gasteiger partial charge on any atom is -0.490 e. The molecule has 0 atom stereocenters. The first-order chi connectivity index (χ1) is 8.37. The first-order valence-electron chi connectivity index (χ1n) is 5.08. The lowest BCUT2D eigenvalue weighted by Crippen LogP contribution is -2.19. The zero-order valence-electron chi connectivity index (χ0n) is 9.48. The van der Waals surface area contributed by atoms with Crippen molar-refractivity contribution in [1.29, 1.82) is 0 Å². The summed E-state index contributed by atoms with van der Waals surface area (Å²) in [5.41, 5.74) is 0.879. The van der Waals surface area contributed by atoms with Gasteiger partial charge in [-0.05, 0) is 40.5 Å². The summed E-state index contributed by atoms with van der Waals surface area (Å²) in [6.45, 7) is 0.752. The maximum Gasteiger partial charge on any atom is 0.422 e. The van der Waals surface area contributed by atoms with Crippen molar-refractivity contribution in [2.75, 3.05) is 13.2 Å². The van der Waals surface area contributed by atoms with Gasteiger partial charge in [-0.15, -0.1) is 0 Å². The Balaban J connectivity index is 3.00. The van der Waals surface area contributed by atoms with Crippen molar-refractivity contribution in [2.45, 2.75) is 18.4 Å². The molecule has 0 radical (unpaired) electrons. The molecule has 1 rings (SSSR count). The van der Waals surface area contributed by atoms with Crippen LogP contribution in [-0.4, -0.2) is 19.4 Å². The standard InChI is InChI=1S/C11H11Br2F3O2/c1-2-17-9-4-7(5-12)3-8(13)10(9)18-6-11(14,15)16/h3-4H,2,5-6H2,1H3. The molecular formula is C11H11Br2F3O2. The lowest BCUT2D eigenvalue weighted by Gasteiger charge is -2.15. The van der Waals surface area contributed by atoms with Crippen molar-refractivity contribution in [3.05, 3.63) is 22.2 Å². The third-order valence-corrected chi connectivity index (χ3v) is 3.14. The van der Waals surface area contributed by atoms with E-state index < -0.39 is 12.8 Å². The molecule has 1 aromatic carbocycles. The molecule has 18 heavy (non-hydrogen) atoms. The average molecular weight is 392 g/mol. The molecule has 0 aliphatic heterocycles. The van der Waals surface area contributed by atoms with E-state index in [1.54, 1.807) is 19.1 Å². The van der Waals surface area contributed by atoms with Gasteiger partial charge in [-0.1, -0.05) is 15.9 Å². The summed E-state index contributed by atoms with van der Waals surface area (Å²) in [6, 6.07) is 3.33. The van der Waals surface area contributed by atoms with E-state index in [1.165, 1.54) is 0 Å². The van der Waals surface area contributed by atoms with Gasteiger partial charge in [0.15, 0.2) is 18.1 Å². The van der Waals surface area contributed by atoms with E-state index >= 15 is 0 Å². The van der Waals surface area contributed by atoms with Crippen molar-refractivity contribution in [1.82, 2.24) is 0 Å². The smallest absolute Gasteiger partial charge is 0.422 e. The normalized spacial score (nSPS) is 11.4. The van der Waals surface area contributed by atoms with Crippen LogP contribution < -0.4 is 9.47 Å². The molecule has 0 aromatic heterocycles. The Morgan fingerprint density at radius 3 is 2.39 bits per heavy atom. The van der Waals surface area contributed by atoms with E-state index in [2.05, 4.69) is 31.9 Å². The second-order valence-electron chi connectivity index (χ2n) is 3.38. The van der Waals surface area contributed by atoms with E-state index in [1.807, 2.05) is 0 Å². The van der Waals surface area contributed by atoms with Gasteiger partial charge in [0.25, 0.3) is 0 Å². The maximum absolute atomic E-state index is 12.1. The van der Waals surface area contributed by atoms with Crippen molar-refractivity contribution >= 4 is 31.9 Å². The summed E-state index contributed by atoms with van der Waals surface area (Å²) in [4.78, 5) is 0. The molecule has 2 nitrogen and oxygen atoms in total. The van der Waals surface area contributed by atoms with Gasteiger partial charge in [-0.25, -0.2) is 0 Å². The predicted molar refractivity (Wildman–Crippen MR) is 69.5 cm³/mol. The number of rotatable bonds is 5. The van der Waals surface area contributed by atoms with Crippen molar-refractivity contribution in [3.63, 3.8) is 0 Å². The summed E-state index contributed by atoms with van der Waals surface area (Å²) < 4.78 is 46.9. The molecular weight excluding hydrogens is 381 g/mol. The fraction of sp³-hybridized carbons (Fsp3) is 0.455. The van der Waals surface area contributed by atoms with Crippen molar-refractivity contribution in [3.8, 4) is 11.5 Å². The molecule has 0 fully saturated rings. The molecule has 0 aliphatic rings. The van der Waals surface area contributed by atoms with Gasteiger partial charge in [0.2, 0.25) is 0 Å². The van der Waals surface area contributed by atoms with Gasteiger partial charge >= 0.3 is 6.18 Å². The van der Waals surface area contributed by atoms with E-state index in [9.17, 15) is 13.2 Å². The molecule has 0 bridgehead atoms. The Bertz CT molecular complexity index is 408. The van der Waals surface area contributed by atoms with Crippen LogP contribution in [0.5, 0.6) is 11.5 Å². The number of hydrogen-bond donors (Lipinski definition) is 0.